The fourth-order valence-corrected chi connectivity index (χ4v) is 7.76. The van der Waals surface area contributed by atoms with E-state index in [1.807, 2.05) is 18.2 Å². The summed E-state index contributed by atoms with van der Waals surface area (Å²) in [5.74, 6) is 1.20. The van der Waals surface area contributed by atoms with Crippen LogP contribution >= 0.6 is 11.3 Å². The van der Waals surface area contributed by atoms with Gasteiger partial charge in [-0.25, -0.2) is 9.97 Å². The number of carbonyl (C=O) groups excluding carboxylic acids is 1. The summed E-state index contributed by atoms with van der Waals surface area (Å²) in [6, 6.07) is 5.20. The van der Waals surface area contributed by atoms with Gasteiger partial charge in [-0.1, -0.05) is 13.3 Å². The summed E-state index contributed by atoms with van der Waals surface area (Å²) in [4.78, 5) is 36.2. The average molecular weight is 560 g/mol. The van der Waals surface area contributed by atoms with Gasteiger partial charge in [-0.05, 0) is 81.4 Å². The Hall–Kier alpha value is -3.04. The number of hydrogen-bond acceptors (Lipinski definition) is 8. The number of aryl methyl sites for hydroxylation is 1. The Morgan fingerprint density at radius 2 is 1.98 bits per heavy atom. The summed E-state index contributed by atoms with van der Waals surface area (Å²) >= 11 is 1.73. The predicted octanol–water partition coefficient (Wildman–Crippen LogP) is 5.26. The summed E-state index contributed by atoms with van der Waals surface area (Å²) < 4.78 is 0. The minimum atomic E-state index is 0.0551. The highest BCUT2D eigenvalue weighted by molar-refractivity contribution is 7.19. The third-order valence-corrected chi connectivity index (χ3v) is 10.1. The molecule has 0 radical (unpaired) electrons. The van der Waals surface area contributed by atoms with Gasteiger partial charge >= 0.3 is 0 Å². The highest BCUT2D eigenvalue weighted by atomic mass is 32.1. The maximum Gasteiger partial charge on any atom is 0.225 e. The zero-order chi connectivity index (χ0) is 27.8. The molecule has 4 heterocycles. The SMILES string of the molecule is CCCCN(C)C(=O)[C@H]1CCc2c(sc3ncnc(Nc4cc5c(cc4N4CCC(N(C)C)CC4)CN=C5)c23)C1. The van der Waals surface area contributed by atoms with Gasteiger partial charge in [-0.15, -0.1) is 11.3 Å². The molecule has 6 rings (SSSR count). The van der Waals surface area contributed by atoms with E-state index in [0.29, 0.717) is 6.04 Å². The van der Waals surface area contributed by atoms with Crippen LogP contribution in [-0.4, -0.2) is 78.7 Å². The lowest BCUT2D eigenvalue weighted by molar-refractivity contribution is -0.134. The Balaban J connectivity index is 1.29. The number of amides is 1. The van der Waals surface area contributed by atoms with Gasteiger partial charge in [-0.3, -0.25) is 9.79 Å². The number of piperidine rings is 1. The molecular formula is C31H41N7OS. The molecule has 212 valence electrons. The Kier molecular flexibility index (Phi) is 7.77. The van der Waals surface area contributed by atoms with Crippen LogP contribution in [0, 0.1) is 5.92 Å². The molecule has 1 fully saturated rings. The summed E-state index contributed by atoms with van der Waals surface area (Å²) in [7, 11) is 6.32. The van der Waals surface area contributed by atoms with Gasteiger partial charge in [-0.2, -0.15) is 0 Å². The maximum atomic E-state index is 13.1. The van der Waals surface area contributed by atoms with Crippen molar-refractivity contribution in [2.75, 3.05) is 51.0 Å². The Labute approximate surface area is 241 Å². The normalized spacial score (nSPS) is 18.8. The van der Waals surface area contributed by atoms with Crippen molar-refractivity contribution in [1.82, 2.24) is 19.8 Å². The van der Waals surface area contributed by atoms with Crippen molar-refractivity contribution in [3.8, 4) is 0 Å². The van der Waals surface area contributed by atoms with E-state index in [0.717, 1.165) is 92.8 Å². The first-order chi connectivity index (χ1) is 19.4. The van der Waals surface area contributed by atoms with Crippen LogP contribution in [0.3, 0.4) is 0 Å². The number of carbonyl (C=O) groups is 1. The molecule has 40 heavy (non-hydrogen) atoms. The van der Waals surface area contributed by atoms with Gasteiger partial charge in [0, 0.05) is 49.7 Å². The Bertz CT molecular complexity index is 1420. The number of hydrogen-bond donors (Lipinski definition) is 1. The molecule has 1 saturated heterocycles. The lowest BCUT2D eigenvalue weighted by atomic mass is 9.87. The molecule has 2 aliphatic heterocycles. The number of unbranched alkanes of at least 4 members (excludes halogenated alkanes) is 1. The summed E-state index contributed by atoms with van der Waals surface area (Å²) in [6.45, 7) is 5.82. The van der Waals surface area contributed by atoms with Crippen LogP contribution in [0.15, 0.2) is 23.5 Å². The summed E-state index contributed by atoms with van der Waals surface area (Å²) in [5, 5.41) is 4.88. The van der Waals surface area contributed by atoms with E-state index in [1.165, 1.54) is 27.3 Å². The number of aliphatic imine (C=N–C) groups is 1. The third kappa shape index (κ3) is 5.21. The van der Waals surface area contributed by atoms with Crippen molar-refractivity contribution in [2.45, 2.75) is 64.5 Å². The molecule has 1 N–H and O–H groups in total. The minimum Gasteiger partial charge on any atom is -0.370 e. The third-order valence-electron chi connectivity index (χ3n) is 8.96. The molecule has 3 aliphatic rings. The fraction of sp³-hybridized carbons (Fsp3) is 0.548. The van der Waals surface area contributed by atoms with E-state index in [9.17, 15) is 4.79 Å². The highest BCUT2D eigenvalue weighted by Gasteiger charge is 2.31. The molecule has 1 aliphatic carbocycles. The second-order valence-electron chi connectivity index (χ2n) is 11.8. The Morgan fingerprint density at radius 1 is 1.15 bits per heavy atom. The average Bonchev–Trinajstić information content (AvgIpc) is 3.59. The van der Waals surface area contributed by atoms with Crippen LogP contribution in [0.25, 0.3) is 10.2 Å². The van der Waals surface area contributed by atoms with E-state index in [2.05, 4.69) is 58.2 Å². The molecule has 8 nitrogen and oxygen atoms in total. The van der Waals surface area contributed by atoms with Crippen molar-refractivity contribution in [3.05, 3.63) is 40.0 Å². The van der Waals surface area contributed by atoms with E-state index < -0.39 is 0 Å². The highest BCUT2D eigenvalue weighted by Crippen LogP contribution is 2.42. The number of anilines is 3. The van der Waals surface area contributed by atoms with Gasteiger partial charge in [0.15, 0.2) is 0 Å². The topological polar surface area (TPSA) is 77.0 Å². The van der Waals surface area contributed by atoms with Crippen molar-refractivity contribution in [1.29, 1.82) is 0 Å². The van der Waals surface area contributed by atoms with Gasteiger partial charge in [0.1, 0.15) is 17.0 Å². The van der Waals surface area contributed by atoms with Gasteiger partial charge in [0.2, 0.25) is 5.91 Å². The van der Waals surface area contributed by atoms with E-state index in [-0.39, 0.29) is 11.8 Å². The maximum absolute atomic E-state index is 13.1. The molecule has 2 aromatic heterocycles. The molecule has 9 heteroatoms. The van der Waals surface area contributed by atoms with E-state index in [1.54, 1.807) is 17.7 Å². The first-order valence-corrected chi connectivity index (χ1v) is 15.6. The lowest BCUT2D eigenvalue weighted by Gasteiger charge is -2.37. The van der Waals surface area contributed by atoms with E-state index in [4.69, 9.17) is 4.98 Å². The van der Waals surface area contributed by atoms with Gasteiger partial charge < -0.3 is 20.0 Å². The molecular weight excluding hydrogens is 518 g/mol. The van der Waals surface area contributed by atoms with Crippen molar-refractivity contribution in [2.24, 2.45) is 10.9 Å². The van der Waals surface area contributed by atoms with Crippen molar-refractivity contribution in [3.63, 3.8) is 0 Å². The standard InChI is InChI=1S/C31H41N7OS/c1-5-6-11-37(4)31(39)20-7-8-24-27(16-20)40-30-28(24)29(33-19-34-30)35-25-14-21-17-32-18-22(21)15-26(25)38-12-9-23(10-13-38)36(2)3/h14-15,17,19-20,23H,5-13,16,18H2,1-4H3,(H,33,34,35)/t20-/m0/s1. The monoisotopic (exact) mass is 559 g/mol. The molecule has 1 atom stereocenters. The summed E-state index contributed by atoms with van der Waals surface area (Å²) in [6.07, 6.45) is 10.7. The molecule has 0 saturated carbocycles. The minimum absolute atomic E-state index is 0.0551. The van der Waals surface area contributed by atoms with Crippen LogP contribution in [0.5, 0.6) is 0 Å². The van der Waals surface area contributed by atoms with Crippen LogP contribution < -0.4 is 10.2 Å². The first-order valence-electron chi connectivity index (χ1n) is 14.8. The molecule has 1 amide bonds. The number of nitrogens with one attached hydrogen (secondary N) is 1. The molecule has 0 unspecified atom stereocenters. The van der Waals surface area contributed by atoms with E-state index >= 15 is 0 Å². The number of aromatic nitrogens is 2. The number of rotatable bonds is 8. The molecule has 1 aromatic carbocycles. The predicted molar refractivity (Wildman–Crippen MR) is 165 cm³/mol. The zero-order valence-electron chi connectivity index (χ0n) is 24.2. The summed E-state index contributed by atoms with van der Waals surface area (Å²) in [5.41, 5.74) is 6.10. The molecule has 0 spiro atoms. The van der Waals surface area contributed by atoms with Gasteiger partial charge in [0.25, 0.3) is 0 Å². The number of thiophene rings is 1. The lowest BCUT2D eigenvalue weighted by Crippen LogP contribution is -2.42. The van der Waals surface area contributed by atoms with Crippen LogP contribution in [0.2, 0.25) is 0 Å². The number of nitrogens with zero attached hydrogens (tertiary/aromatic N) is 6. The fourth-order valence-electron chi connectivity index (χ4n) is 6.49. The first kappa shape index (κ1) is 27.1. The molecule has 0 bridgehead atoms. The number of fused-ring (bicyclic) bond motifs is 4. The van der Waals surface area contributed by atoms with Crippen molar-refractivity contribution < 1.29 is 4.79 Å². The second kappa shape index (κ2) is 11.4. The van der Waals surface area contributed by atoms with Gasteiger partial charge in [0.05, 0.1) is 23.3 Å². The Morgan fingerprint density at radius 3 is 2.75 bits per heavy atom. The largest absolute Gasteiger partial charge is 0.370 e. The van der Waals surface area contributed by atoms with Crippen LogP contribution in [0.4, 0.5) is 17.2 Å². The molecule has 3 aromatic rings. The second-order valence-corrected chi connectivity index (χ2v) is 12.9. The zero-order valence-corrected chi connectivity index (χ0v) is 25.1. The number of benzene rings is 1. The van der Waals surface area contributed by atoms with Crippen LogP contribution in [-0.2, 0) is 24.2 Å². The van der Waals surface area contributed by atoms with Crippen molar-refractivity contribution >= 4 is 50.9 Å². The smallest absolute Gasteiger partial charge is 0.225 e. The van der Waals surface area contributed by atoms with Crippen LogP contribution in [0.1, 0.15) is 60.6 Å². The quantitative estimate of drug-likeness (QED) is 0.406.